The fraction of sp³-hybridized carbons (Fsp3) is 0.769. The number of hydrogen-bond donors (Lipinski definition) is 1. The van der Waals surface area contributed by atoms with E-state index in [4.69, 9.17) is 19.6 Å². The maximum Gasteiger partial charge on any atom is 0.508 e. The lowest BCUT2D eigenvalue weighted by Gasteiger charge is -2.29. The summed E-state index contributed by atoms with van der Waals surface area (Å²) in [5, 5.41) is 8.70. The van der Waals surface area contributed by atoms with Gasteiger partial charge in [-0.3, -0.25) is 0 Å². The van der Waals surface area contributed by atoms with Gasteiger partial charge in [0.15, 0.2) is 0 Å². The van der Waals surface area contributed by atoms with E-state index in [1.165, 1.54) is 6.92 Å². The van der Waals surface area contributed by atoms with Crippen LogP contribution in [0.4, 0.5) is 4.79 Å². The second kappa shape index (κ2) is 7.47. The summed E-state index contributed by atoms with van der Waals surface area (Å²) in [4.78, 5) is 20.9. The maximum atomic E-state index is 10.7. The van der Waals surface area contributed by atoms with Crippen molar-refractivity contribution in [2.75, 3.05) is 13.2 Å². The highest BCUT2D eigenvalue weighted by Gasteiger charge is 2.32. The molecule has 19 heavy (non-hydrogen) atoms. The zero-order valence-corrected chi connectivity index (χ0v) is 12.3. The molecule has 0 rings (SSSR count). The molecule has 0 aliphatic rings. The van der Waals surface area contributed by atoms with Gasteiger partial charge in [0.2, 0.25) is 5.79 Å². The van der Waals surface area contributed by atoms with Gasteiger partial charge in [0, 0.05) is 6.92 Å². The minimum Gasteiger partial charge on any atom is -0.450 e. The Kier molecular flexibility index (Phi) is 7.04. The van der Waals surface area contributed by atoms with Crippen molar-refractivity contribution in [2.24, 2.45) is 0 Å². The summed E-state index contributed by atoms with van der Waals surface area (Å²) in [5.41, 5.74) is 0.286. The minimum absolute atomic E-state index is 0.171. The Morgan fingerprint density at radius 3 is 2.32 bits per heavy atom. The molecule has 0 spiro atoms. The van der Waals surface area contributed by atoms with Crippen LogP contribution in [0.15, 0.2) is 12.2 Å². The average Bonchev–Trinajstić information content (AvgIpc) is 2.25. The van der Waals surface area contributed by atoms with Crippen molar-refractivity contribution in [1.82, 2.24) is 0 Å². The van der Waals surface area contributed by atoms with Crippen molar-refractivity contribution in [1.29, 1.82) is 0 Å². The summed E-state index contributed by atoms with van der Waals surface area (Å²) in [6, 6.07) is 0. The van der Waals surface area contributed by atoms with E-state index in [0.29, 0.717) is 0 Å². The number of ether oxygens (including phenoxy) is 2. The van der Waals surface area contributed by atoms with Crippen LogP contribution >= 0.6 is 0 Å². The van der Waals surface area contributed by atoms with Crippen molar-refractivity contribution in [3.8, 4) is 0 Å². The van der Waals surface area contributed by atoms with Gasteiger partial charge in [0.25, 0.3) is 0 Å². The Hall–Kier alpha value is -1.11. The lowest BCUT2D eigenvalue weighted by atomic mass is 10.1. The Labute approximate surface area is 114 Å². The van der Waals surface area contributed by atoms with Crippen molar-refractivity contribution in [3.63, 3.8) is 0 Å². The van der Waals surface area contributed by atoms with Crippen molar-refractivity contribution in [2.45, 2.75) is 52.4 Å². The Bertz CT molecular complexity index is 312. The van der Waals surface area contributed by atoms with E-state index in [-0.39, 0.29) is 13.2 Å². The van der Waals surface area contributed by atoms with Crippen LogP contribution in [-0.4, -0.2) is 35.9 Å². The van der Waals surface area contributed by atoms with Gasteiger partial charge in [-0.15, -0.1) is 0 Å². The molecule has 0 heterocycles. The van der Waals surface area contributed by atoms with Crippen LogP contribution in [0.5, 0.6) is 0 Å². The highest BCUT2D eigenvalue weighted by atomic mass is 17.2. The molecule has 0 radical (unpaired) electrons. The van der Waals surface area contributed by atoms with E-state index in [1.807, 2.05) is 20.8 Å². The van der Waals surface area contributed by atoms with Gasteiger partial charge in [-0.25, -0.2) is 14.6 Å². The zero-order valence-electron chi connectivity index (χ0n) is 12.3. The van der Waals surface area contributed by atoms with Crippen LogP contribution < -0.4 is 0 Å². The molecule has 0 bridgehead atoms. The molecular formula is C13H24O6. The zero-order chi connectivity index (χ0) is 15.1. The van der Waals surface area contributed by atoms with Gasteiger partial charge in [-0.2, -0.15) is 0 Å². The number of carbonyl (C=O) groups is 1. The third-order valence-electron chi connectivity index (χ3n) is 2.38. The van der Waals surface area contributed by atoms with Crippen LogP contribution in [0.25, 0.3) is 0 Å². The van der Waals surface area contributed by atoms with E-state index in [2.05, 4.69) is 11.3 Å². The molecule has 0 aliphatic heterocycles. The quantitative estimate of drug-likeness (QED) is 0.229. The van der Waals surface area contributed by atoms with Gasteiger partial charge in [-0.1, -0.05) is 19.1 Å². The lowest BCUT2D eigenvalue weighted by molar-refractivity contribution is -0.387. The third-order valence-corrected chi connectivity index (χ3v) is 2.38. The smallest absolute Gasteiger partial charge is 0.450 e. The monoisotopic (exact) mass is 276 g/mol. The molecule has 0 amide bonds. The number of rotatable bonds is 9. The second-order valence-electron chi connectivity index (χ2n) is 5.21. The number of hydrogen-bond acceptors (Lipinski definition) is 5. The van der Waals surface area contributed by atoms with E-state index >= 15 is 0 Å². The predicted octanol–water partition coefficient (Wildman–Crippen LogP) is 3.13. The molecule has 1 N–H and O–H groups in total. The third kappa shape index (κ3) is 8.58. The lowest BCUT2D eigenvalue weighted by Crippen LogP contribution is -2.41. The van der Waals surface area contributed by atoms with Crippen molar-refractivity contribution in [3.05, 3.63) is 12.2 Å². The molecule has 0 aromatic heterocycles. The highest BCUT2D eigenvalue weighted by molar-refractivity contribution is 5.57. The first-order valence-electron chi connectivity index (χ1n) is 6.11. The molecule has 1 atom stereocenters. The van der Waals surface area contributed by atoms with Gasteiger partial charge in [0.05, 0.1) is 12.2 Å². The van der Waals surface area contributed by atoms with E-state index in [9.17, 15) is 4.79 Å². The molecule has 0 fully saturated rings. The topological polar surface area (TPSA) is 74.2 Å². The van der Waals surface area contributed by atoms with Crippen LogP contribution in [0.2, 0.25) is 0 Å². The van der Waals surface area contributed by atoms with Gasteiger partial charge >= 0.3 is 6.16 Å². The summed E-state index contributed by atoms with van der Waals surface area (Å²) in [6.45, 7) is 12.6. The molecule has 0 aliphatic carbocycles. The highest BCUT2D eigenvalue weighted by Crippen LogP contribution is 2.19. The van der Waals surface area contributed by atoms with Crippen LogP contribution in [0, 0.1) is 0 Å². The SMILES string of the molecule is C=C(C)COC(C)(COOC(C)(C)CC)OC(=O)O. The molecule has 1 unspecified atom stereocenters. The summed E-state index contributed by atoms with van der Waals surface area (Å²) < 4.78 is 10.0. The van der Waals surface area contributed by atoms with Gasteiger partial charge in [0.1, 0.15) is 6.61 Å². The van der Waals surface area contributed by atoms with Gasteiger partial charge in [-0.05, 0) is 27.2 Å². The van der Waals surface area contributed by atoms with E-state index in [1.54, 1.807) is 6.92 Å². The van der Waals surface area contributed by atoms with Crippen LogP contribution in [0.3, 0.4) is 0 Å². The summed E-state index contributed by atoms with van der Waals surface area (Å²) in [6.07, 6.45) is -0.696. The predicted molar refractivity (Wildman–Crippen MR) is 69.7 cm³/mol. The minimum atomic E-state index is -1.44. The molecule has 6 heteroatoms. The molecule has 0 aromatic carbocycles. The first kappa shape index (κ1) is 17.9. The number of carboxylic acid groups (broad SMARTS) is 1. The largest absolute Gasteiger partial charge is 0.508 e. The van der Waals surface area contributed by atoms with E-state index in [0.717, 1.165) is 12.0 Å². The standard InChI is InChI=1S/C13H24O6/c1-7-12(4,5)19-17-9-13(6,18-11(14)15)16-8-10(2)3/h2,7-9H2,1,3-6H3,(H,14,15). The summed E-state index contributed by atoms with van der Waals surface area (Å²) in [5.74, 6) is -1.44. The Morgan fingerprint density at radius 1 is 1.32 bits per heavy atom. The molecule has 0 aromatic rings. The van der Waals surface area contributed by atoms with Crippen LogP contribution in [-0.2, 0) is 19.2 Å². The average molecular weight is 276 g/mol. The molecule has 0 saturated carbocycles. The normalized spacial score (nSPS) is 14.8. The Balaban J connectivity index is 4.41. The summed E-state index contributed by atoms with van der Waals surface area (Å²) in [7, 11) is 0. The maximum absolute atomic E-state index is 10.7. The fourth-order valence-electron chi connectivity index (χ4n) is 0.916. The molecule has 112 valence electrons. The first-order chi connectivity index (χ1) is 8.60. The Morgan fingerprint density at radius 2 is 1.89 bits per heavy atom. The molecule has 0 saturated heterocycles. The fourth-order valence-corrected chi connectivity index (χ4v) is 0.916. The molecular weight excluding hydrogens is 252 g/mol. The summed E-state index contributed by atoms with van der Waals surface area (Å²) >= 11 is 0. The molecule has 6 nitrogen and oxygen atoms in total. The second-order valence-corrected chi connectivity index (χ2v) is 5.21. The first-order valence-corrected chi connectivity index (χ1v) is 6.11. The van der Waals surface area contributed by atoms with Crippen molar-refractivity contribution >= 4 is 6.16 Å². The van der Waals surface area contributed by atoms with Crippen molar-refractivity contribution < 1.29 is 29.1 Å². The van der Waals surface area contributed by atoms with Crippen LogP contribution in [0.1, 0.15) is 41.0 Å². The van der Waals surface area contributed by atoms with E-state index < -0.39 is 17.5 Å². The van der Waals surface area contributed by atoms with Gasteiger partial charge < -0.3 is 14.6 Å².